The zero-order chi connectivity index (χ0) is 13.0. The number of nitrogens with zero attached hydrogens (tertiary/aromatic N) is 1. The third-order valence-corrected chi connectivity index (χ3v) is 4.68. The molecule has 0 aliphatic heterocycles. The summed E-state index contributed by atoms with van der Waals surface area (Å²) < 4.78 is 25.9. The lowest BCUT2D eigenvalue weighted by Gasteiger charge is -2.29. The zero-order valence-corrected chi connectivity index (χ0v) is 12.0. The highest BCUT2D eigenvalue weighted by molar-refractivity contribution is 7.89. The van der Waals surface area contributed by atoms with Gasteiger partial charge in [0.05, 0.1) is 5.75 Å². The SMILES string of the molecule is CC(C)N(CCCN)S(=O)(=O)CC(C)(C)C. The standard InChI is InChI=1S/C11H26N2O2S/c1-10(2)13(8-6-7-12)16(14,15)9-11(3,4)5/h10H,6-9,12H2,1-5H3. The minimum atomic E-state index is -3.17. The lowest BCUT2D eigenvalue weighted by Crippen LogP contribution is -2.42. The van der Waals surface area contributed by atoms with Gasteiger partial charge in [-0.15, -0.1) is 0 Å². The van der Waals surface area contributed by atoms with E-state index in [1.54, 1.807) is 4.31 Å². The Morgan fingerprint density at radius 1 is 1.25 bits per heavy atom. The molecule has 0 aromatic carbocycles. The molecule has 0 fully saturated rings. The lowest BCUT2D eigenvalue weighted by atomic mass is 10.0. The molecule has 2 N–H and O–H groups in total. The Kier molecular flexibility index (Phi) is 5.93. The molecule has 0 aliphatic carbocycles. The van der Waals surface area contributed by atoms with Crippen LogP contribution in [0, 0.1) is 5.41 Å². The van der Waals surface area contributed by atoms with Crippen LogP contribution in [0.1, 0.15) is 41.0 Å². The first kappa shape index (κ1) is 15.9. The van der Waals surface area contributed by atoms with Gasteiger partial charge in [0, 0.05) is 12.6 Å². The molecule has 4 nitrogen and oxygen atoms in total. The van der Waals surface area contributed by atoms with Gasteiger partial charge in [-0.05, 0) is 32.2 Å². The molecule has 0 saturated heterocycles. The van der Waals surface area contributed by atoms with Gasteiger partial charge in [-0.3, -0.25) is 0 Å². The molecule has 0 rings (SSSR count). The molecule has 5 heteroatoms. The second-order valence-corrected chi connectivity index (χ2v) is 7.59. The highest BCUT2D eigenvalue weighted by Gasteiger charge is 2.29. The minimum Gasteiger partial charge on any atom is -0.330 e. The van der Waals surface area contributed by atoms with E-state index in [1.165, 1.54) is 0 Å². The van der Waals surface area contributed by atoms with Crippen molar-refractivity contribution in [2.75, 3.05) is 18.8 Å². The fraction of sp³-hybridized carbons (Fsp3) is 1.00. The van der Waals surface area contributed by atoms with Crippen LogP contribution in [0.25, 0.3) is 0 Å². The Morgan fingerprint density at radius 2 is 1.75 bits per heavy atom. The third-order valence-electron chi connectivity index (χ3n) is 2.13. The van der Waals surface area contributed by atoms with E-state index < -0.39 is 10.0 Å². The van der Waals surface area contributed by atoms with Crippen molar-refractivity contribution in [1.29, 1.82) is 0 Å². The van der Waals surface area contributed by atoms with Crippen LogP contribution >= 0.6 is 0 Å². The van der Waals surface area contributed by atoms with Crippen molar-refractivity contribution in [3.63, 3.8) is 0 Å². The predicted molar refractivity (Wildman–Crippen MR) is 68.8 cm³/mol. The van der Waals surface area contributed by atoms with Crippen LogP contribution in [-0.4, -0.2) is 37.6 Å². The van der Waals surface area contributed by atoms with Gasteiger partial charge in [0.25, 0.3) is 0 Å². The van der Waals surface area contributed by atoms with E-state index in [2.05, 4.69) is 0 Å². The van der Waals surface area contributed by atoms with Crippen LogP contribution in [0.5, 0.6) is 0 Å². The molecule has 0 radical (unpaired) electrons. The molecule has 0 aliphatic rings. The quantitative estimate of drug-likeness (QED) is 0.775. The summed E-state index contributed by atoms with van der Waals surface area (Å²) in [4.78, 5) is 0. The molecule has 0 spiro atoms. The van der Waals surface area contributed by atoms with Gasteiger partial charge in [-0.1, -0.05) is 20.8 Å². The summed E-state index contributed by atoms with van der Waals surface area (Å²) in [5.41, 5.74) is 5.21. The molecule has 98 valence electrons. The van der Waals surface area contributed by atoms with E-state index in [0.717, 1.165) is 0 Å². The van der Waals surface area contributed by atoms with Crippen molar-refractivity contribution < 1.29 is 8.42 Å². The number of rotatable bonds is 6. The van der Waals surface area contributed by atoms with Crippen LogP contribution in [-0.2, 0) is 10.0 Å². The normalized spacial score (nSPS) is 13.8. The average Bonchev–Trinajstić information content (AvgIpc) is 1.98. The zero-order valence-electron chi connectivity index (χ0n) is 11.2. The van der Waals surface area contributed by atoms with E-state index in [1.807, 2.05) is 34.6 Å². The number of nitrogens with two attached hydrogens (primary N) is 1. The van der Waals surface area contributed by atoms with Gasteiger partial charge in [-0.25, -0.2) is 8.42 Å². The molecule has 16 heavy (non-hydrogen) atoms. The van der Waals surface area contributed by atoms with Crippen molar-refractivity contribution in [3.05, 3.63) is 0 Å². The first-order valence-electron chi connectivity index (χ1n) is 5.80. The van der Waals surface area contributed by atoms with Gasteiger partial charge in [0.15, 0.2) is 0 Å². The van der Waals surface area contributed by atoms with Crippen LogP contribution in [0.15, 0.2) is 0 Å². The summed E-state index contributed by atoms with van der Waals surface area (Å²) in [6.07, 6.45) is 0.710. The Labute approximate surface area is 100 Å². The molecule has 0 bridgehead atoms. The third kappa shape index (κ3) is 5.82. The van der Waals surface area contributed by atoms with Crippen LogP contribution in [0.2, 0.25) is 0 Å². The first-order chi connectivity index (χ1) is 7.10. The van der Waals surface area contributed by atoms with Crippen molar-refractivity contribution in [1.82, 2.24) is 4.31 Å². The highest BCUT2D eigenvalue weighted by Crippen LogP contribution is 2.20. The predicted octanol–water partition coefficient (Wildman–Crippen LogP) is 1.42. The summed E-state index contributed by atoms with van der Waals surface area (Å²) in [5.74, 6) is 0.183. The summed E-state index contributed by atoms with van der Waals surface area (Å²) >= 11 is 0. The lowest BCUT2D eigenvalue weighted by molar-refractivity contribution is 0.340. The fourth-order valence-electron chi connectivity index (χ4n) is 1.60. The van der Waals surface area contributed by atoms with Crippen LogP contribution < -0.4 is 5.73 Å². The largest absolute Gasteiger partial charge is 0.330 e. The molecule has 0 heterocycles. The smallest absolute Gasteiger partial charge is 0.214 e. The molecular weight excluding hydrogens is 224 g/mol. The highest BCUT2D eigenvalue weighted by atomic mass is 32.2. The van der Waals surface area contributed by atoms with E-state index in [9.17, 15) is 8.42 Å². The minimum absolute atomic E-state index is 0.00102. The summed E-state index contributed by atoms with van der Waals surface area (Å²) in [5, 5.41) is 0. The van der Waals surface area contributed by atoms with Gasteiger partial charge in [0.1, 0.15) is 0 Å². The van der Waals surface area contributed by atoms with Gasteiger partial charge in [0.2, 0.25) is 10.0 Å². The summed E-state index contributed by atoms with van der Waals surface area (Å²) in [6, 6.07) is -0.00102. The van der Waals surface area contributed by atoms with E-state index in [4.69, 9.17) is 5.73 Å². The second-order valence-electron chi connectivity index (χ2n) is 5.66. The fourth-order valence-corrected chi connectivity index (χ4v) is 3.91. The van der Waals surface area contributed by atoms with Gasteiger partial charge >= 0.3 is 0 Å². The molecule has 0 amide bonds. The topological polar surface area (TPSA) is 63.4 Å². The number of sulfonamides is 1. The van der Waals surface area contributed by atoms with E-state index >= 15 is 0 Å². The maximum Gasteiger partial charge on any atom is 0.214 e. The summed E-state index contributed by atoms with van der Waals surface area (Å²) in [6.45, 7) is 10.7. The van der Waals surface area contributed by atoms with E-state index in [0.29, 0.717) is 19.5 Å². The molecule has 0 unspecified atom stereocenters. The van der Waals surface area contributed by atoms with Crippen molar-refractivity contribution >= 4 is 10.0 Å². The second kappa shape index (κ2) is 5.98. The van der Waals surface area contributed by atoms with E-state index in [-0.39, 0.29) is 17.2 Å². The Bertz CT molecular complexity index is 292. The first-order valence-corrected chi connectivity index (χ1v) is 7.40. The molecule has 0 saturated carbocycles. The number of hydrogen-bond donors (Lipinski definition) is 1. The van der Waals surface area contributed by atoms with Crippen molar-refractivity contribution in [2.45, 2.75) is 47.1 Å². The van der Waals surface area contributed by atoms with Gasteiger partial charge in [-0.2, -0.15) is 4.31 Å². The van der Waals surface area contributed by atoms with Crippen molar-refractivity contribution in [2.24, 2.45) is 11.1 Å². The van der Waals surface area contributed by atoms with Crippen LogP contribution in [0.4, 0.5) is 0 Å². The maximum atomic E-state index is 12.2. The van der Waals surface area contributed by atoms with Gasteiger partial charge < -0.3 is 5.73 Å². The Hall–Kier alpha value is -0.130. The molecule has 0 atom stereocenters. The summed E-state index contributed by atoms with van der Waals surface area (Å²) in [7, 11) is -3.17. The monoisotopic (exact) mass is 250 g/mol. The molecule has 0 aromatic heterocycles. The average molecular weight is 250 g/mol. The Balaban J connectivity index is 4.77. The van der Waals surface area contributed by atoms with Crippen molar-refractivity contribution in [3.8, 4) is 0 Å². The van der Waals surface area contributed by atoms with Crippen LogP contribution in [0.3, 0.4) is 0 Å². The maximum absolute atomic E-state index is 12.2. The molecule has 0 aromatic rings. The number of hydrogen-bond acceptors (Lipinski definition) is 3. The molecular formula is C11H26N2O2S. The Morgan fingerprint density at radius 3 is 2.06 bits per heavy atom.